The number of methoxy groups -OCH3 is 1. The van der Waals surface area contributed by atoms with E-state index in [4.69, 9.17) is 4.74 Å². The van der Waals surface area contributed by atoms with Crippen molar-refractivity contribution in [1.82, 2.24) is 5.32 Å². The molecule has 0 aromatic heterocycles. The van der Waals surface area contributed by atoms with E-state index >= 15 is 0 Å². The zero-order valence-corrected chi connectivity index (χ0v) is 13.3. The van der Waals surface area contributed by atoms with Crippen LogP contribution in [0.15, 0.2) is 42.5 Å². The molecule has 0 atom stereocenters. The van der Waals surface area contributed by atoms with E-state index in [1.165, 1.54) is 5.56 Å². The van der Waals surface area contributed by atoms with Crippen molar-refractivity contribution in [3.05, 3.63) is 59.2 Å². The van der Waals surface area contributed by atoms with E-state index in [0.717, 1.165) is 22.6 Å². The molecule has 2 rings (SSSR count). The van der Waals surface area contributed by atoms with Crippen molar-refractivity contribution in [2.24, 2.45) is 0 Å². The van der Waals surface area contributed by atoms with Crippen molar-refractivity contribution < 1.29 is 9.53 Å². The quantitative estimate of drug-likeness (QED) is 0.862. The number of nitrogens with one attached hydrogen (secondary N) is 2. The van der Waals surface area contributed by atoms with Crippen molar-refractivity contribution in [2.75, 3.05) is 19.0 Å². The molecule has 0 bridgehead atoms. The van der Waals surface area contributed by atoms with Crippen LogP contribution in [0.4, 0.5) is 5.69 Å². The Balaban J connectivity index is 1.80. The van der Waals surface area contributed by atoms with Crippen LogP contribution in [-0.4, -0.2) is 19.6 Å². The topological polar surface area (TPSA) is 50.4 Å². The Hall–Kier alpha value is -2.49. The number of carbonyl (C=O) groups excluding carboxylic acids is 1. The van der Waals surface area contributed by atoms with Gasteiger partial charge in [-0.25, -0.2) is 0 Å². The average molecular weight is 298 g/mol. The maximum Gasteiger partial charge on any atom is 0.239 e. The van der Waals surface area contributed by atoms with Gasteiger partial charge in [-0.2, -0.15) is 0 Å². The second-order valence-electron chi connectivity index (χ2n) is 5.30. The number of amides is 1. The number of rotatable bonds is 6. The fourth-order valence-electron chi connectivity index (χ4n) is 2.19. The molecule has 2 aromatic carbocycles. The third-order valence-corrected chi connectivity index (χ3v) is 3.47. The molecule has 0 fully saturated rings. The first-order chi connectivity index (χ1) is 10.6. The van der Waals surface area contributed by atoms with E-state index in [-0.39, 0.29) is 12.5 Å². The normalized spacial score (nSPS) is 10.1. The highest BCUT2D eigenvalue weighted by Gasteiger charge is 2.03. The zero-order chi connectivity index (χ0) is 15.9. The van der Waals surface area contributed by atoms with Gasteiger partial charge in [-0.3, -0.25) is 4.79 Å². The van der Waals surface area contributed by atoms with Crippen LogP contribution in [0.1, 0.15) is 16.7 Å². The van der Waals surface area contributed by atoms with Crippen LogP contribution in [0.25, 0.3) is 0 Å². The molecule has 4 heteroatoms. The maximum atomic E-state index is 11.9. The molecule has 0 aliphatic carbocycles. The zero-order valence-electron chi connectivity index (χ0n) is 13.3. The van der Waals surface area contributed by atoms with Crippen molar-refractivity contribution in [3.63, 3.8) is 0 Å². The summed E-state index contributed by atoms with van der Waals surface area (Å²) in [5.74, 6) is 0.780. The van der Waals surface area contributed by atoms with E-state index in [2.05, 4.69) is 23.6 Å². The fourth-order valence-corrected chi connectivity index (χ4v) is 2.19. The first-order valence-electron chi connectivity index (χ1n) is 7.29. The van der Waals surface area contributed by atoms with Gasteiger partial charge in [0.2, 0.25) is 5.91 Å². The van der Waals surface area contributed by atoms with Gasteiger partial charge in [0.1, 0.15) is 5.75 Å². The van der Waals surface area contributed by atoms with E-state index in [1.54, 1.807) is 7.11 Å². The third kappa shape index (κ3) is 4.52. The number of carbonyl (C=O) groups is 1. The van der Waals surface area contributed by atoms with Gasteiger partial charge < -0.3 is 15.4 Å². The minimum atomic E-state index is -0.0317. The maximum absolute atomic E-state index is 11.9. The standard InChI is InChI=1S/C18H22N2O2/c1-13-4-9-17(14(2)10-13)19-12-18(21)20-11-15-5-7-16(22-3)8-6-15/h4-10,19H,11-12H2,1-3H3,(H,20,21). The van der Waals surface area contributed by atoms with Crippen molar-refractivity contribution in [1.29, 1.82) is 0 Å². The van der Waals surface area contributed by atoms with Gasteiger partial charge in [0.25, 0.3) is 0 Å². The van der Waals surface area contributed by atoms with Crippen LogP contribution >= 0.6 is 0 Å². The van der Waals surface area contributed by atoms with Crippen LogP contribution < -0.4 is 15.4 Å². The molecule has 0 aliphatic rings. The summed E-state index contributed by atoms with van der Waals surface area (Å²) in [6.07, 6.45) is 0. The van der Waals surface area contributed by atoms with Gasteiger partial charge in [-0.1, -0.05) is 29.8 Å². The summed E-state index contributed by atoms with van der Waals surface area (Å²) in [4.78, 5) is 11.9. The van der Waals surface area contributed by atoms with E-state index in [1.807, 2.05) is 43.3 Å². The van der Waals surface area contributed by atoms with Crippen molar-refractivity contribution in [2.45, 2.75) is 20.4 Å². The third-order valence-electron chi connectivity index (χ3n) is 3.47. The summed E-state index contributed by atoms with van der Waals surface area (Å²) in [5.41, 5.74) is 4.39. The number of hydrogen-bond donors (Lipinski definition) is 2. The SMILES string of the molecule is COc1ccc(CNC(=O)CNc2ccc(C)cc2C)cc1. The summed E-state index contributed by atoms with van der Waals surface area (Å²) in [6.45, 7) is 4.86. The number of anilines is 1. The molecule has 0 aliphatic heterocycles. The molecule has 0 heterocycles. The molecule has 4 nitrogen and oxygen atoms in total. The molecule has 0 saturated carbocycles. The first kappa shape index (κ1) is 15.9. The molecule has 0 unspecified atom stereocenters. The van der Waals surface area contributed by atoms with Gasteiger partial charge in [-0.05, 0) is 43.2 Å². The Bertz CT molecular complexity index is 636. The highest BCUT2D eigenvalue weighted by molar-refractivity contribution is 5.80. The monoisotopic (exact) mass is 298 g/mol. The largest absolute Gasteiger partial charge is 0.497 e. The smallest absolute Gasteiger partial charge is 0.239 e. The summed E-state index contributed by atoms with van der Waals surface area (Å²) in [7, 11) is 1.63. The molecule has 0 spiro atoms. The lowest BCUT2D eigenvalue weighted by Gasteiger charge is -2.11. The van der Waals surface area contributed by atoms with Crippen LogP contribution in [-0.2, 0) is 11.3 Å². The van der Waals surface area contributed by atoms with Crippen LogP contribution in [0.2, 0.25) is 0 Å². The van der Waals surface area contributed by atoms with E-state index in [9.17, 15) is 4.79 Å². The summed E-state index contributed by atoms with van der Waals surface area (Å²) in [5, 5.41) is 6.06. The lowest BCUT2D eigenvalue weighted by molar-refractivity contribution is -0.119. The van der Waals surface area contributed by atoms with Gasteiger partial charge in [-0.15, -0.1) is 0 Å². The number of benzene rings is 2. The average Bonchev–Trinajstić information content (AvgIpc) is 2.52. The molecule has 22 heavy (non-hydrogen) atoms. The molecule has 1 amide bonds. The highest BCUT2D eigenvalue weighted by Crippen LogP contribution is 2.15. The molecule has 2 N–H and O–H groups in total. The van der Waals surface area contributed by atoms with Gasteiger partial charge in [0, 0.05) is 12.2 Å². The van der Waals surface area contributed by atoms with Crippen LogP contribution in [0, 0.1) is 13.8 Å². The van der Waals surface area contributed by atoms with Crippen molar-refractivity contribution in [3.8, 4) is 5.75 Å². The molecule has 2 aromatic rings. The van der Waals surface area contributed by atoms with Gasteiger partial charge in [0.15, 0.2) is 0 Å². The number of aryl methyl sites for hydroxylation is 2. The Kier molecular flexibility index (Phi) is 5.42. The number of hydrogen-bond acceptors (Lipinski definition) is 3. The van der Waals surface area contributed by atoms with E-state index < -0.39 is 0 Å². The van der Waals surface area contributed by atoms with Crippen LogP contribution in [0.3, 0.4) is 0 Å². The van der Waals surface area contributed by atoms with Crippen LogP contribution in [0.5, 0.6) is 5.75 Å². The Labute approximate surface area is 131 Å². The lowest BCUT2D eigenvalue weighted by Crippen LogP contribution is -2.29. The minimum Gasteiger partial charge on any atom is -0.497 e. The summed E-state index contributed by atoms with van der Waals surface area (Å²) >= 11 is 0. The second kappa shape index (κ2) is 7.50. The predicted molar refractivity (Wildman–Crippen MR) is 89.2 cm³/mol. The molecule has 116 valence electrons. The number of ether oxygens (including phenoxy) is 1. The van der Waals surface area contributed by atoms with Gasteiger partial charge >= 0.3 is 0 Å². The second-order valence-corrected chi connectivity index (χ2v) is 5.30. The predicted octanol–water partition coefficient (Wildman–Crippen LogP) is 3.04. The molecular weight excluding hydrogens is 276 g/mol. The van der Waals surface area contributed by atoms with Gasteiger partial charge in [0.05, 0.1) is 13.7 Å². The Morgan fingerprint density at radius 1 is 1.09 bits per heavy atom. The lowest BCUT2D eigenvalue weighted by atomic mass is 10.1. The highest BCUT2D eigenvalue weighted by atomic mass is 16.5. The molecule has 0 radical (unpaired) electrons. The Morgan fingerprint density at radius 3 is 2.45 bits per heavy atom. The summed E-state index contributed by atoms with van der Waals surface area (Å²) < 4.78 is 5.10. The Morgan fingerprint density at radius 2 is 1.82 bits per heavy atom. The minimum absolute atomic E-state index is 0.0317. The first-order valence-corrected chi connectivity index (χ1v) is 7.29. The van der Waals surface area contributed by atoms with Crippen molar-refractivity contribution >= 4 is 11.6 Å². The summed E-state index contributed by atoms with van der Waals surface area (Å²) in [6, 6.07) is 13.8. The molecular formula is C18H22N2O2. The molecule has 0 saturated heterocycles. The van der Waals surface area contributed by atoms with E-state index in [0.29, 0.717) is 6.54 Å². The fraction of sp³-hybridized carbons (Fsp3) is 0.278.